The number of nitrogens with zero attached hydrogens (tertiary/aromatic N) is 1. The normalized spacial score (nSPS) is 20.3. The van der Waals surface area contributed by atoms with Gasteiger partial charge in [-0.15, -0.1) is 0 Å². The highest BCUT2D eigenvalue weighted by Crippen LogP contribution is 2.39. The molecule has 2 atom stereocenters. The number of carbonyl (C=O) groups excluding carboxylic acids is 1. The Labute approximate surface area is 117 Å². The summed E-state index contributed by atoms with van der Waals surface area (Å²) >= 11 is 0. The van der Waals surface area contributed by atoms with Gasteiger partial charge in [0.25, 0.3) is 11.6 Å². The molecule has 1 aromatic carbocycles. The molecular formula is C14H19N3O3. The second-order valence-corrected chi connectivity index (χ2v) is 5.10. The van der Waals surface area contributed by atoms with E-state index < -0.39 is 4.92 Å². The van der Waals surface area contributed by atoms with Crippen molar-refractivity contribution in [3.8, 4) is 0 Å². The summed E-state index contributed by atoms with van der Waals surface area (Å²) in [6.45, 7) is 2.13. The van der Waals surface area contributed by atoms with Crippen LogP contribution in [0, 0.1) is 16.0 Å². The van der Waals surface area contributed by atoms with Gasteiger partial charge in [0, 0.05) is 24.7 Å². The van der Waals surface area contributed by atoms with E-state index in [-0.39, 0.29) is 17.6 Å². The molecule has 0 saturated heterocycles. The molecule has 0 radical (unpaired) electrons. The van der Waals surface area contributed by atoms with E-state index in [1.165, 1.54) is 19.2 Å². The molecule has 6 heteroatoms. The second-order valence-electron chi connectivity index (χ2n) is 5.10. The first-order chi connectivity index (χ1) is 9.56. The fraction of sp³-hybridized carbons (Fsp3) is 0.500. The molecule has 0 bridgehead atoms. The summed E-state index contributed by atoms with van der Waals surface area (Å²) in [5, 5.41) is 16.8. The number of nitro groups is 1. The van der Waals surface area contributed by atoms with Crippen LogP contribution in [0.1, 0.15) is 36.5 Å². The first-order valence-corrected chi connectivity index (χ1v) is 6.83. The molecule has 2 unspecified atom stereocenters. The van der Waals surface area contributed by atoms with Crippen LogP contribution in [0.5, 0.6) is 0 Å². The maximum absolute atomic E-state index is 11.6. The van der Waals surface area contributed by atoms with Gasteiger partial charge in [-0.3, -0.25) is 14.9 Å². The molecule has 0 heterocycles. The zero-order valence-electron chi connectivity index (χ0n) is 11.7. The lowest BCUT2D eigenvalue weighted by atomic mass is 10.1. The molecule has 0 aromatic heterocycles. The van der Waals surface area contributed by atoms with Crippen molar-refractivity contribution in [2.45, 2.75) is 32.2 Å². The fourth-order valence-corrected chi connectivity index (χ4v) is 2.41. The third kappa shape index (κ3) is 3.07. The molecule has 1 aliphatic carbocycles. The van der Waals surface area contributed by atoms with Crippen LogP contribution in [0.2, 0.25) is 0 Å². The zero-order chi connectivity index (χ0) is 14.7. The number of nitro benzene ring substituents is 1. The lowest BCUT2D eigenvalue weighted by Crippen LogP contribution is -2.18. The summed E-state index contributed by atoms with van der Waals surface area (Å²) < 4.78 is 0. The van der Waals surface area contributed by atoms with Gasteiger partial charge in [0.1, 0.15) is 5.69 Å². The first kappa shape index (κ1) is 14.3. The summed E-state index contributed by atoms with van der Waals surface area (Å²) in [4.78, 5) is 22.2. The van der Waals surface area contributed by atoms with Crippen molar-refractivity contribution in [2.24, 2.45) is 5.92 Å². The van der Waals surface area contributed by atoms with Gasteiger partial charge in [-0.1, -0.05) is 13.3 Å². The Morgan fingerprint density at radius 1 is 1.50 bits per heavy atom. The van der Waals surface area contributed by atoms with Crippen molar-refractivity contribution in [1.29, 1.82) is 0 Å². The molecule has 1 fully saturated rings. The highest BCUT2D eigenvalue weighted by atomic mass is 16.6. The standard InChI is InChI=1S/C14H19N3O3/c1-3-4-9-7-11(9)16-12-8-10(14(18)15-2)5-6-13(12)17(19)20/h5-6,8-9,11,16H,3-4,7H2,1-2H3,(H,15,18). The number of benzene rings is 1. The molecule has 0 spiro atoms. The van der Waals surface area contributed by atoms with E-state index in [0.717, 1.165) is 19.3 Å². The van der Waals surface area contributed by atoms with E-state index >= 15 is 0 Å². The molecule has 6 nitrogen and oxygen atoms in total. The maximum atomic E-state index is 11.6. The second kappa shape index (κ2) is 5.90. The number of amides is 1. The molecule has 108 valence electrons. The molecule has 20 heavy (non-hydrogen) atoms. The van der Waals surface area contributed by atoms with Gasteiger partial charge in [-0.2, -0.15) is 0 Å². The van der Waals surface area contributed by atoms with Crippen LogP contribution < -0.4 is 10.6 Å². The number of hydrogen-bond donors (Lipinski definition) is 2. The third-order valence-corrected chi connectivity index (χ3v) is 3.61. The molecule has 1 aliphatic rings. The summed E-state index contributed by atoms with van der Waals surface area (Å²) in [6, 6.07) is 4.69. The molecule has 2 rings (SSSR count). The van der Waals surface area contributed by atoms with Crippen LogP contribution in [-0.4, -0.2) is 23.9 Å². The Bertz CT molecular complexity index is 530. The minimum atomic E-state index is -0.423. The van der Waals surface area contributed by atoms with Gasteiger partial charge in [-0.25, -0.2) is 0 Å². The van der Waals surface area contributed by atoms with Crippen molar-refractivity contribution >= 4 is 17.3 Å². The fourth-order valence-electron chi connectivity index (χ4n) is 2.41. The Hall–Kier alpha value is -2.11. The van der Waals surface area contributed by atoms with Crippen molar-refractivity contribution in [1.82, 2.24) is 5.32 Å². The van der Waals surface area contributed by atoms with Crippen molar-refractivity contribution < 1.29 is 9.72 Å². The van der Waals surface area contributed by atoms with Gasteiger partial charge in [0.05, 0.1) is 4.92 Å². The van der Waals surface area contributed by atoms with E-state index in [4.69, 9.17) is 0 Å². The van der Waals surface area contributed by atoms with E-state index in [2.05, 4.69) is 17.6 Å². The Morgan fingerprint density at radius 2 is 2.25 bits per heavy atom. The van der Waals surface area contributed by atoms with Crippen LogP contribution >= 0.6 is 0 Å². The maximum Gasteiger partial charge on any atom is 0.292 e. The summed E-state index contributed by atoms with van der Waals surface area (Å²) in [5.74, 6) is 0.340. The predicted octanol–water partition coefficient (Wildman–Crippen LogP) is 2.55. The van der Waals surface area contributed by atoms with Crippen LogP contribution in [0.15, 0.2) is 18.2 Å². The smallest absolute Gasteiger partial charge is 0.292 e. The molecular weight excluding hydrogens is 258 g/mol. The minimum absolute atomic E-state index is 0.0137. The number of rotatable bonds is 6. The van der Waals surface area contributed by atoms with E-state index in [0.29, 0.717) is 17.2 Å². The number of carbonyl (C=O) groups is 1. The molecule has 1 saturated carbocycles. The summed E-state index contributed by atoms with van der Waals surface area (Å²) in [5.41, 5.74) is 0.868. The molecule has 2 N–H and O–H groups in total. The predicted molar refractivity (Wildman–Crippen MR) is 76.9 cm³/mol. The van der Waals surface area contributed by atoms with Crippen molar-refractivity contribution in [2.75, 3.05) is 12.4 Å². The average Bonchev–Trinajstić information content (AvgIpc) is 3.15. The number of hydrogen-bond acceptors (Lipinski definition) is 4. The first-order valence-electron chi connectivity index (χ1n) is 6.83. The zero-order valence-corrected chi connectivity index (χ0v) is 11.7. The average molecular weight is 277 g/mol. The van der Waals surface area contributed by atoms with E-state index in [1.54, 1.807) is 6.07 Å². The highest BCUT2D eigenvalue weighted by molar-refractivity contribution is 5.95. The number of nitrogens with one attached hydrogen (secondary N) is 2. The van der Waals surface area contributed by atoms with E-state index in [9.17, 15) is 14.9 Å². The van der Waals surface area contributed by atoms with Crippen LogP contribution in [0.25, 0.3) is 0 Å². The van der Waals surface area contributed by atoms with Crippen LogP contribution in [0.3, 0.4) is 0 Å². The van der Waals surface area contributed by atoms with Crippen molar-refractivity contribution in [3.63, 3.8) is 0 Å². The van der Waals surface area contributed by atoms with Gasteiger partial charge in [0.2, 0.25) is 0 Å². The van der Waals surface area contributed by atoms with Crippen LogP contribution in [-0.2, 0) is 0 Å². The highest BCUT2D eigenvalue weighted by Gasteiger charge is 2.37. The molecule has 1 amide bonds. The van der Waals surface area contributed by atoms with Crippen molar-refractivity contribution in [3.05, 3.63) is 33.9 Å². The number of anilines is 1. The minimum Gasteiger partial charge on any atom is -0.376 e. The SMILES string of the molecule is CCCC1CC1Nc1cc(C(=O)NC)ccc1[N+](=O)[O-]. The van der Waals surface area contributed by atoms with E-state index in [1.807, 2.05) is 0 Å². The Balaban J connectivity index is 2.19. The lowest BCUT2D eigenvalue weighted by molar-refractivity contribution is -0.384. The molecule has 0 aliphatic heterocycles. The van der Waals surface area contributed by atoms with Gasteiger partial charge in [-0.05, 0) is 30.9 Å². The summed E-state index contributed by atoms with van der Waals surface area (Å²) in [7, 11) is 1.54. The Morgan fingerprint density at radius 3 is 2.85 bits per heavy atom. The van der Waals surface area contributed by atoms with Gasteiger partial charge >= 0.3 is 0 Å². The third-order valence-electron chi connectivity index (χ3n) is 3.61. The monoisotopic (exact) mass is 277 g/mol. The van der Waals surface area contributed by atoms with Gasteiger partial charge < -0.3 is 10.6 Å². The molecule has 1 aromatic rings. The van der Waals surface area contributed by atoms with Gasteiger partial charge in [0.15, 0.2) is 0 Å². The lowest BCUT2D eigenvalue weighted by Gasteiger charge is -2.08. The van der Waals surface area contributed by atoms with Crippen LogP contribution in [0.4, 0.5) is 11.4 Å². The largest absolute Gasteiger partial charge is 0.376 e. The Kier molecular flexibility index (Phi) is 4.22. The topological polar surface area (TPSA) is 84.3 Å². The quantitative estimate of drug-likeness (QED) is 0.618. The summed E-state index contributed by atoms with van der Waals surface area (Å²) in [6.07, 6.45) is 3.28.